The van der Waals surface area contributed by atoms with Crippen molar-refractivity contribution in [1.29, 1.82) is 0 Å². The first kappa shape index (κ1) is 20.0. The molecule has 1 heterocycles. The molecule has 146 valence electrons. The first-order valence-electron chi connectivity index (χ1n) is 9.91. The van der Waals surface area contributed by atoms with E-state index < -0.39 is 8.24 Å². The molecule has 0 aromatic heterocycles. The van der Waals surface area contributed by atoms with Crippen molar-refractivity contribution < 1.29 is 0 Å². The molecule has 4 heteroatoms. The van der Waals surface area contributed by atoms with Gasteiger partial charge in [-0.25, -0.2) is 0 Å². The zero-order valence-electron chi connectivity index (χ0n) is 18.4. The highest BCUT2D eigenvalue weighted by atomic mass is 28.3. The van der Waals surface area contributed by atoms with Gasteiger partial charge in [0.2, 0.25) is 0 Å². The number of hydrogen-bond donors (Lipinski definition) is 1. The zero-order chi connectivity index (χ0) is 20.2. The minimum absolute atomic E-state index is 0.0755. The minimum Gasteiger partial charge on any atom is -0.306 e. The normalized spacial score (nSPS) is 15.7. The van der Waals surface area contributed by atoms with E-state index >= 15 is 0 Å². The molecule has 2 aromatic rings. The van der Waals surface area contributed by atoms with Crippen LogP contribution in [0.5, 0.6) is 0 Å². The van der Waals surface area contributed by atoms with Crippen LogP contribution in [0.15, 0.2) is 42.5 Å². The Labute approximate surface area is 166 Å². The number of para-hydroxylation sites is 1. The monoisotopic (exact) mass is 381 g/mol. The number of nitrogens with one attached hydrogen (secondary N) is 1. The van der Waals surface area contributed by atoms with Crippen LogP contribution in [0.2, 0.25) is 19.6 Å². The highest BCUT2D eigenvalue weighted by Gasteiger charge is 2.40. The largest absolute Gasteiger partial charge is 0.306 e. The maximum atomic E-state index is 3.70. The quantitative estimate of drug-likeness (QED) is 0.576. The summed E-state index contributed by atoms with van der Waals surface area (Å²) in [6.07, 6.45) is 0. The van der Waals surface area contributed by atoms with E-state index in [2.05, 4.69) is 119 Å². The standard InChI is InChI=1S/C23H35N3Si/c1-22(2,3)17-13-15-18(16-14-17)25-21-19(23(4,5)6)11-10-12-20(21)24-26(25)27(7,8)9/h10-16,24H,1-9H3. The molecule has 0 bridgehead atoms. The number of hydrogen-bond acceptors (Lipinski definition) is 3. The van der Waals surface area contributed by atoms with Gasteiger partial charge in [0, 0.05) is 0 Å². The Bertz CT molecular complexity index is 821. The lowest BCUT2D eigenvalue weighted by molar-refractivity contribution is 0.529. The Kier molecular flexibility index (Phi) is 4.72. The van der Waals surface area contributed by atoms with Gasteiger partial charge in [-0.15, -0.1) is 0 Å². The van der Waals surface area contributed by atoms with Gasteiger partial charge in [0.15, 0.2) is 8.24 Å². The van der Waals surface area contributed by atoms with Crippen molar-refractivity contribution in [2.24, 2.45) is 0 Å². The fourth-order valence-electron chi connectivity index (χ4n) is 3.55. The Morgan fingerprint density at radius 3 is 1.85 bits per heavy atom. The van der Waals surface area contributed by atoms with Gasteiger partial charge >= 0.3 is 0 Å². The van der Waals surface area contributed by atoms with Gasteiger partial charge in [0.05, 0.1) is 17.1 Å². The molecule has 0 fully saturated rings. The van der Waals surface area contributed by atoms with Crippen LogP contribution >= 0.6 is 0 Å². The van der Waals surface area contributed by atoms with Crippen molar-refractivity contribution in [1.82, 2.24) is 4.78 Å². The zero-order valence-corrected chi connectivity index (χ0v) is 19.4. The van der Waals surface area contributed by atoms with Crippen LogP contribution < -0.4 is 10.4 Å². The lowest BCUT2D eigenvalue weighted by Crippen LogP contribution is -2.54. The van der Waals surface area contributed by atoms with Crippen LogP contribution in [0, 0.1) is 0 Å². The summed E-state index contributed by atoms with van der Waals surface area (Å²) in [6.45, 7) is 20.8. The number of nitrogens with zero attached hydrogens (tertiary/aromatic N) is 2. The van der Waals surface area contributed by atoms with Crippen molar-refractivity contribution >= 4 is 25.3 Å². The molecule has 0 radical (unpaired) electrons. The molecule has 1 N–H and O–H groups in total. The van der Waals surface area contributed by atoms with E-state index in [1.807, 2.05) is 0 Å². The first-order valence-corrected chi connectivity index (χ1v) is 13.4. The first-order chi connectivity index (χ1) is 12.3. The molecular formula is C23H35N3Si. The Balaban J connectivity index is 2.17. The summed E-state index contributed by atoms with van der Waals surface area (Å²) < 4.78 is 0. The number of anilines is 3. The van der Waals surface area contributed by atoms with Gasteiger partial charge < -0.3 is 5.43 Å². The van der Waals surface area contributed by atoms with Crippen molar-refractivity contribution in [3.8, 4) is 0 Å². The van der Waals surface area contributed by atoms with E-state index in [4.69, 9.17) is 0 Å². The average molecular weight is 382 g/mol. The van der Waals surface area contributed by atoms with Crippen LogP contribution in [-0.4, -0.2) is 13.0 Å². The molecule has 3 nitrogen and oxygen atoms in total. The third-order valence-corrected chi connectivity index (χ3v) is 6.68. The smallest absolute Gasteiger partial charge is 0.172 e. The fourth-order valence-corrected chi connectivity index (χ4v) is 4.82. The van der Waals surface area contributed by atoms with Gasteiger partial charge in [-0.2, -0.15) is 4.78 Å². The third-order valence-electron chi connectivity index (χ3n) is 5.10. The highest BCUT2D eigenvalue weighted by molar-refractivity contribution is 6.74. The summed E-state index contributed by atoms with van der Waals surface area (Å²) in [5.74, 6) is 0. The predicted octanol–water partition coefficient (Wildman–Crippen LogP) is 6.81. The highest BCUT2D eigenvalue weighted by Crippen LogP contribution is 2.47. The molecule has 0 aliphatic carbocycles. The van der Waals surface area contributed by atoms with E-state index in [1.165, 1.54) is 28.2 Å². The van der Waals surface area contributed by atoms with E-state index in [-0.39, 0.29) is 10.8 Å². The number of benzene rings is 2. The Morgan fingerprint density at radius 1 is 0.778 bits per heavy atom. The van der Waals surface area contributed by atoms with E-state index in [9.17, 15) is 0 Å². The molecule has 0 spiro atoms. The summed E-state index contributed by atoms with van der Waals surface area (Å²) in [5.41, 5.74) is 10.4. The van der Waals surface area contributed by atoms with Crippen molar-refractivity contribution in [3.05, 3.63) is 53.6 Å². The molecule has 27 heavy (non-hydrogen) atoms. The van der Waals surface area contributed by atoms with Crippen molar-refractivity contribution in [2.75, 3.05) is 10.4 Å². The summed E-state index contributed by atoms with van der Waals surface area (Å²) in [7, 11) is -1.65. The maximum absolute atomic E-state index is 3.70. The number of rotatable bonds is 2. The van der Waals surface area contributed by atoms with E-state index in [0.29, 0.717) is 0 Å². The van der Waals surface area contributed by atoms with Gasteiger partial charge in [-0.05, 0) is 40.2 Å². The Hall–Kier alpha value is -1.78. The topological polar surface area (TPSA) is 18.5 Å². The van der Waals surface area contributed by atoms with E-state index in [0.717, 1.165) is 0 Å². The lowest BCUT2D eigenvalue weighted by atomic mass is 9.85. The molecule has 0 unspecified atom stereocenters. The van der Waals surface area contributed by atoms with Gasteiger partial charge in [0.25, 0.3) is 0 Å². The van der Waals surface area contributed by atoms with Gasteiger partial charge in [-0.3, -0.25) is 5.01 Å². The molecule has 3 rings (SSSR count). The van der Waals surface area contributed by atoms with Crippen LogP contribution in [0.3, 0.4) is 0 Å². The maximum Gasteiger partial charge on any atom is 0.172 e. The lowest BCUT2D eigenvalue weighted by Gasteiger charge is -2.39. The van der Waals surface area contributed by atoms with Crippen LogP contribution in [0.4, 0.5) is 17.1 Å². The second-order valence-corrected chi connectivity index (χ2v) is 15.4. The molecule has 1 aliphatic heterocycles. The van der Waals surface area contributed by atoms with Crippen LogP contribution in [-0.2, 0) is 10.8 Å². The molecule has 2 aromatic carbocycles. The van der Waals surface area contributed by atoms with Crippen LogP contribution in [0.1, 0.15) is 52.7 Å². The summed E-state index contributed by atoms with van der Waals surface area (Å²) >= 11 is 0. The van der Waals surface area contributed by atoms with Gasteiger partial charge in [-0.1, -0.05) is 85.4 Å². The van der Waals surface area contributed by atoms with Crippen LogP contribution in [0.25, 0.3) is 0 Å². The average Bonchev–Trinajstić information content (AvgIpc) is 2.92. The molecule has 0 amide bonds. The second-order valence-electron chi connectivity index (χ2n) is 10.7. The fraction of sp³-hybridized carbons (Fsp3) is 0.478. The predicted molar refractivity (Wildman–Crippen MR) is 121 cm³/mol. The SMILES string of the molecule is CC(C)(C)c1ccc(N2c3c(cccc3C(C)(C)C)NN2[Si](C)(C)C)cc1. The second kappa shape index (κ2) is 6.38. The van der Waals surface area contributed by atoms with Crippen molar-refractivity contribution in [2.45, 2.75) is 72.0 Å². The molecular weight excluding hydrogens is 346 g/mol. The summed E-state index contributed by atoms with van der Waals surface area (Å²) in [4.78, 5) is 2.39. The summed E-state index contributed by atoms with van der Waals surface area (Å²) in [5, 5.41) is 2.41. The van der Waals surface area contributed by atoms with Gasteiger partial charge in [0.1, 0.15) is 0 Å². The number of fused-ring (bicyclic) bond motifs is 1. The molecule has 0 saturated heterocycles. The molecule has 1 aliphatic rings. The Morgan fingerprint density at radius 2 is 1.37 bits per heavy atom. The number of hydrazine groups is 2. The summed E-state index contributed by atoms with van der Waals surface area (Å²) in [6, 6.07) is 15.7. The van der Waals surface area contributed by atoms with Crippen molar-refractivity contribution in [3.63, 3.8) is 0 Å². The molecule has 0 atom stereocenters. The third kappa shape index (κ3) is 3.78. The minimum atomic E-state index is -1.65. The molecule has 0 saturated carbocycles. The van der Waals surface area contributed by atoms with E-state index in [1.54, 1.807) is 0 Å².